The Kier molecular flexibility index (Phi) is 25.7. The minimum Gasteiger partial charge on any atom is -0.416 e. The second-order valence-electron chi connectivity index (χ2n) is 28.5. The molecule has 0 aliphatic carbocycles. The van der Waals surface area contributed by atoms with Gasteiger partial charge in [-0.05, 0) is 249 Å². The largest absolute Gasteiger partial charge is 0.416 e. The minimum absolute atomic E-state index is 2.06. The highest BCUT2D eigenvalue weighted by atomic mass is 28.6. The van der Waals surface area contributed by atoms with Crippen molar-refractivity contribution in [1.82, 2.24) is 0 Å². The summed E-state index contributed by atoms with van der Waals surface area (Å²) in [5, 5.41) is 0. The first-order valence-corrected chi connectivity index (χ1v) is 80.3. The molecule has 0 aromatic carbocycles. The van der Waals surface area contributed by atoms with Gasteiger partial charge in [0.1, 0.15) is 0 Å². The molecule has 0 aromatic rings. The maximum absolute atomic E-state index is 6.93. The van der Waals surface area contributed by atoms with Crippen molar-refractivity contribution in [3.8, 4) is 0 Å². The van der Waals surface area contributed by atoms with E-state index in [1.807, 2.05) is 0 Å². The van der Waals surface area contributed by atoms with Gasteiger partial charge in [-0.15, -0.1) is 0 Å². The van der Waals surface area contributed by atoms with E-state index in [0.29, 0.717) is 0 Å². The summed E-state index contributed by atoms with van der Waals surface area (Å²) < 4.78 is 132. The Hall–Kier alpha value is 3.36. The summed E-state index contributed by atoms with van der Waals surface area (Å²) >= 11 is 0. The number of hydrogen-bond donors (Lipinski definition) is 0. The zero-order valence-corrected chi connectivity index (χ0v) is 74.3. The highest BCUT2D eigenvalue weighted by Gasteiger charge is 2.55. The fraction of sp³-hybridized carbons (Fsp3) is 1.00. The van der Waals surface area contributed by atoms with E-state index in [0.717, 1.165) is 0 Å². The summed E-state index contributed by atoms with van der Waals surface area (Å²) in [6, 6.07) is 0. The molecule has 1 heterocycles. The number of rotatable bonds is 0. The monoisotopic (exact) mass is 1410 g/mol. The first-order chi connectivity index (χ1) is 32.4. The molecule has 0 amide bonds. The first-order valence-electron chi connectivity index (χ1n) is 26.8. The van der Waals surface area contributed by atoms with E-state index in [1.165, 1.54) is 0 Å². The van der Waals surface area contributed by atoms with E-state index in [1.54, 1.807) is 0 Å². The summed E-state index contributed by atoms with van der Waals surface area (Å²) in [4.78, 5) is 0. The fourth-order valence-electron chi connectivity index (χ4n) is 11.6. The van der Waals surface area contributed by atoms with Gasteiger partial charge in [-0.25, -0.2) is 0 Å². The molecule has 0 spiro atoms. The van der Waals surface area contributed by atoms with E-state index < -0.39 is 163 Å². The van der Waals surface area contributed by atoms with Crippen molar-refractivity contribution in [2.45, 2.75) is 249 Å². The molecule has 1 saturated heterocycles. The molecule has 0 aromatic heterocycles. The molecule has 0 bridgehead atoms. The van der Waals surface area contributed by atoms with Crippen LogP contribution >= 0.6 is 0 Å². The van der Waals surface area contributed by atoms with E-state index in [4.69, 9.17) is 78.2 Å². The van der Waals surface area contributed by atoms with Gasteiger partial charge >= 0.3 is 163 Å². The summed E-state index contributed by atoms with van der Waals surface area (Å²) in [6.07, 6.45) is 0. The van der Waals surface area contributed by atoms with Crippen LogP contribution in [0.5, 0.6) is 0 Å². The molecule has 1 aliphatic rings. The van der Waals surface area contributed by atoms with Crippen molar-refractivity contribution in [2.24, 2.45) is 0 Å². The zero-order valence-electron chi connectivity index (χ0n) is 55.3. The molecule has 1 rings (SSSR count). The molecule has 76 heavy (non-hydrogen) atoms. The Morgan fingerprint density at radius 1 is 0.0789 bits per heavy atom. The minimum atomic E-state index is -2.84. The van der Waals surface area contributed by atoms with E-state index in [9.17, 15) is 0 Å². The van der Waals surface area contributed by atoms with Crippen molar-refractivity contribution in [3.05, 3.63) is 0 Å². The van der Waals surface area contributed by atoms with Crippen LogP contribution in [0.1, 0.15) is 0 Å². The topological polar surface area (TPSA) is 175 Å². The molecule has 19 nitrogen and oxygen atoms in total. The van der Waals surface area contributed by atoms with Crippen LogP contribution in [-0.4, -0.2) is 163 Å². The van der Waals surface area contributed by atoms with Crippen LogP contribution in [0.15, 0.2) is 0 Å². The molecule has 0 atom stereocenters. The van der Waals surface area contributed by atoms with Crippen LogP contribution in [0, 0.1) is 0 Å². The van der Waals surface area contributed by atoms with Gasteiger partial charge in [0, 0.05) is 0 Å². The Morgan fingerprint density at radius 3 is 0.132 bits per heavy atom. The molecule has 456 valence electrons. The average molecular weight is 1410 g/mol. The van der Waals surface area contributed by atoms with Crippen LogP contribution in [0.4, 0.5) is 0 Å². The van der Waals surface area contributed by atoms with Crippen molar-refractivity contribution in [1.29, 1.82) is 0 Å². The third-order valence-electron chi connectivity index (χ3n) is 9.34. The van der Waals surface area contributed by atoms with Crippen molar-refractivity contribution in [2.75, 3.05) is 0 Å². The van der Waals surface area contributed by atoms with Gasteiger partial charge in [0.15, 0.2) is 0 Å². The molecule has 1 aliphatic heterocycles. The first kappa shape index (κ1) is 77.4. The van der Waals surface area contributed by atoms with Crippen molar-refractivity contribution in [3.63, 3.8) is 0 Å². The smallest absolute Gasteiger partial charge is 0.314 e. The average Bonchev–Trinajstić information content (AvgIpc) is 2.86. The van der Waals surface area contributed by atoms with E-state index in [2.05, 4.69) is 249 Å². The van der Waals surface area contributed by atoms with E-state index in [-0.39, 0.29) is 0 Å². The molecular weight excluding hydrogens is 1290 g/mol. The van der Waals surface area contributed by atoms with Gasteiger partial charge in [-0.3, -0.25) is 0 Å². The maximum atomic E-state index is 6.93. The van der Waals surface area contributed by atoms with Crippen LogP contribution in [0.2, 0.25) is 249 Å². The van der Waals surface area contributed by atoms with Crippen LogP contribution in [-0.2, 0) is 78.2 Å². The lowest BCUT2D eigenvalue weighted by Crippen LogP contribution is -2.63. The van der Waals surface area contributed by atoms with Crippen LogP contribution in [0.3, 0.4) is 0 Å². The summed E-state index contributed by atoms with van der Waals surface area (Å²) in [5.74, 6) is 0. The van der Waals surface area contributed by atoms with Gasteiger partial charge in [-0.2, -0.15) is 0 Å². The Balaban J connectivity index is 3.72. The molecule has 0 N–H and O–H groups in total. The molecule has 0 unspecified atom stereocenters. The predicted molar refractivity (Wildman–Crippen MR) is 353 cm³/mol. The third kappa shape index (κ3) is 32.8. The van der Waals surface area contributed by atoms with Crippen LogP contribution < -0.4 is 0 Å². The Bertz CT molecular complexity index is 1270. The van der Waals surface area contributed by atoms with E-state index >= 15 is 0 Å². The maximum Gasteiger partial charge on any atom is 0.314 e. The summed E-state index contributed by atoms with van der Waals surface area (Å²) in [5.41, 5.74) is 0. The predicted octanol–water partition coefficient (Wildman–Crippen LogP) is 13.6. The summed E-state index contributed by atoms with van der Waals surface area (Å²) in [6.45, 7) is 78.1. The quantitative estimate of drug-likeness (QED) is 0.209. The Labute approximate surface area is 485 Å². The molecular formula is C38H114O19Si19. The van der Waals surface area contributed by atoms with Gasteiger partial charge < -0.3 is 78.2 Å². The lowest BCUT2D eigenvalue weighted by atomic mass is 11.9. The zero-order chi connectivity index (χ0) is 60.9. The molecule has 38 heteroatoms. The molecule has 0 saturated carbocycles. The lowest BCUT2D eigenvalue weighted by Gasteiger charge is -2.45. The molecule has 1 fully saturated rings. The van der Waals surface area contributed by atoms with Gasteiger partial charge in [0.25, 0.3) is 0 Å². The highest BCUT2D eigenvalue weighted by molar-refractivity contribution is 6.96. The van der Waals surface area contributed by atoms with Gasteiger partial charge in [0.2, 0.25) is 0 Å². The highest BCUT2D eigenvalue weighted by Crippen LogP contribution is 2.35. The standard InChI is InChI=1S/C38H114O19Si19/c1-58(2)39-59(3,4)41-61(7,8)43-63(11,12)45-65(15,16)47-67(19,20)49-69(23,24)51-71(27,28)53-73(31,32)55-75(35,36)57-76(37,38)56-74(33,34)54-72(29,30)52-70(25,26)50-68(21,22)48-66(17,18)46-64(13,14)44-62(9,10)42-60(5,6)40-58/h1-38H3. The van der Waals surface area contributed by atoms with Crippen molar-refractivity contribution >= 4 is 163 Å². The normalized spacial score (nSPS) is 31.5. The second-order valence-corrected chi connectivity index (χ2v) is 97.2. The second kappa shape index (κ2) is 25.2. The third-order valence-corrected chi connectivity index (χ3v) is 84.1. The fourth-order valence-corrected chi connectivity index (χ4v) is 112. The lowest BCUT2D eigenvalue weighted by molar-refractivity contribution is 0.248. The van der Waals surface area contributed by atoms with Crippen LogP contribution in [0.25, 0.3) is 0 Å². The summed E-state index contributed by atoms with van der Waals surface area (Å²) in [7, 11) is -54.0. The van der Waals surface area contributed by atoms with Crippen molar-refractivity contribution < 1.29 is 78.2 Å². The SMILES string of the molecule is C[Si]1(C)O[Si](C)(C)O[Si](C)(C)O[Si](C)(C)O[Si](C)(C)O[Si](C)(C)O[Si](C)(C)O[Si](C)(C)O[Si](C)(C)O[Si](C)(C)O[Si](C)(C)O[Si](C)(C)O[Si](C)(C)O[Si](C)(C)O[Si](C)(C)O[Si](C)(C)O[Si](C)(C)O[Si](C)(C)O[Si](C)(C)O1. The van der Waals surface area contributed by atoms with Gasteiger partial charge in [0.05, 0.1) is 0 Å². The molecule has 0 radical (unpaired) electrons. The van der Waals surface area contributed by atoms with Gasteiger partial charge in [-0.1, -0.05) is 0 Å². The number of hydrogen-bond acceptors (Lipinski definition) is 19. The Morgan fingerprint density at radius 2 is 0.105 bits per heavy atom.